The van der Waals surface area contributed by atoms with E-state index in [1.54, 1.807) is 0 Å². The molecule has 1 atom stereocenters. The molecule has 0 amide bonds. The lowest BCUT2D eigenvalue weighted by Gasteiger charge is -2.48. The van der Waals surface area contributed by atoms with Gasteiger partial charge in [0.15, 0.2) is 5.96 Å². The van der Waals surface area contributed by atoms with Gasteiger partial charge in [-0.1, -0.05) is 19.3 Å². The van der Waals surface area contributed by atoms with Crippen LogP contribution in [0, 0.1) is 5.92 Å². The predicted molar refractivity (Wildman–Crippen MR) is 108 cm³/mol. The van der Waals surface area contributed by atoms with Crippen LogP contribution in [0.5, 0.6) is 0 Å². The zero-order chi connectivity index (χ0) is 17.5. The van der Waals surface area contributed by atoms with Gasteiger partial charge < -0.3 is 15.0 Å². The minimum absolute atomic E-state index is 0.340. The summed E-state index contributed by atoms with van der Waals surface area (Å²) in [6.45, 7) is 6.39. The maximum absolute atomic E-state index is 5.53. The highest BCUT2D eigenvalue weighted by atomic mass is 32.2. The molecule has 144 valence electrons. The van der Waals surface area contributed by atoms with Crippen LogP contribution in [0.2, 0.25) is 0 Å². The molecule has 0 aromatic carbocycles. The van der Waals surface area contributed by atoms with Gasteiger partial charge in [-0.05, 0) is 19.3 Å². The fourth-order valence-corrected chi connectivity index (χ4v) is 5.58. The van der Waals surface area contributed by atoms with Crippen molar-refractivity contribution in [3.05, 3.63) is 0 Å². The van der Waals surface area contributed by atoms with E-state index in [-0.39, 0.29) is 0 Å². The zero-order valence-corrected chi connectivity index (χ0v) is 17.0. The molecule has 5 nitrogen and oxygen atoms in total. The molecule has 2 saturated heterocycles. The first-order chi connectivity index (χ1) is 12.2. The van der Waals surface area contributed by atoms with Crippen LogP contribution in [0.15, 0.2) is 4.99 Å². The summed E-state index contributed by atoms with van der Waals surface area (Å²) in [4.78, 5) is 9.64. The predicted octanol–water partition coefficient (Wildman–Crippen LogP) is 2.28. The fraction of sp³-hybridized carbons (Fsp3) is 0.947. The van der Waals surface area contributed by atoms with Gasteiger partial charge in [-0.15, -0.1) is 0 Å². The van der Waals surface area contributed by atoms with Crippen molar-refractivity contribution in [2.24, 2.45) is 10.9 Å². The molecule has 25 heavy (non-hydrogen) atoms. The Morgan fingerprint density at radius 3 is 2.68 bits per heavy atom. The third-order valence-electron chi connectivity index (χ3n) is 6.17. The Morgan fingerprint density at radius 2 is 2.04 bits per heavy atom. The van der Waals surface area contributed by atoms with Crippen molar-refractivity contribution in [1.29, 1.82) is 0 Å². The van der Waals surface area contributed by atoms with Crippen LogP contribution in [-0.4, -0.2) is 86.3 Å². The standard InChI is InChI=1S/C19H36N4OS/c1-20-18(22(2)14-17-6-11-24-15-17)21-16-19(7-4-3-5-8-19)23-9-12-25-13-10-23/h17H,3-16H2,1-2H3,(H,20,21). The summed E-state index contributed by atoms with van der Waals surface area (Å²) in [5, 5.41) is 3.74. The Hall–Kier alpha value is -0.460. The lowest BCUT2D eigenvalue weighted by Crippen LogP contribution is -2.60. The average molecular weight is 369 g/mol. The molecule has 1 saturated carbocycles. The van der Waals surface area contributed by atoms with Crippen molar-refractivity contribution in [2.75, 3.05) is 65.0 Å². The number of hydrogen-bond acceptors (Lipinski definition) is 4. The molecule has 0 aromatic rings. The second-order valence-corrected chi connectivity index (χ2v) is 9.12. The molecule has 6 heteroatoms. The van der Waals surface area contributed by atoms with Gasteiger partial charge >= 0.3 is 0 Å². The van der Waals surface area contributed by atoms with Crippen molar-refractivity contribution in [1.82, 2.24) is 15.1 Å². The van der Waals surface area contributed by atoms with Gasteiger partial charge in [-0.25, -0.2) is 0 Å². The van der Waals surface area contributed by atoms with Crippen LogP contribution in [-0.2, 0) is 4.74 Å². The molecule has 3 aliphatic rings. The largest absolute Gasteiger partial charge is 0.381 e. The van der Waals surface area contributed by atoms with Gasteiger partial charge in [-0.3, -0.25) is 9.89 Å². The van der Waals surface area contributed by atoms with Gasteiger partial charge in [0.05, 0.1) is 6.61 Å². The maximum Gasteiger partial charge on any atom is 0.193 e. The number of nitrogens with zero attached hydrogens (tertiary/aromatic N) is 3. The van der Waals surface area contributed by atoms with Crippen LogP contribution in [0.1, 0.15) is 38.5 Å². The number of aliphatic imine (C=N–C) groups is 1. The first-order valence-corrected chi connectivity index (χ1v) is 11.2. The number of nitrogens with one attached hydrogen (secondary N) is 1. The van der Waals surface area contributed by atoms with Crippen molar-refractivity contribution in [2.45, 2.75) is 44.1 Å². The van der Waals surface area contributed by atoms with E-state index in [0.717, 1.165) is 32.3 Å². The molecular weight excluding hydrogens is 332 g/mol. The third kappa shape index (κ3) is 5.04. The third-order valence-corrected chi connectivity index (χ3v) is 7.11. The summed E-state index contributed by atoms with van der Waals surface area (Å²) < 4.78 is 5.53. The second kappa shape index (κ2) is 9.47. The summed E-state index contributed by atoms with van der Waals surface area (Å²) in [5.74, 6) is 4.27. The van der Waals surface area contributed by atoms with Crippen LogP contribution < -0.4 is 5.32 Å². The Labute approximate surface area is 157 Å². The molecule has 1 unspecified atom stereocenters. The van der Waals surface area contributed by atoms with Gasteiger partial charge in [0.2, 0.25) is 0 Å². The van der Waals surface area contributed by atoms with E-state index in [1.807, 2.05) is 7.05 Å². The van der Waals surface area contributed by atoms with Crippen molar-refractivity contribution in [3.63, 3.8) is 0 Å². The minimum Gasteiger partial charge on any atom is -0.381 e. The van der Waals surface area contributed by atoms with Gasteiger partial charge in [0.25, 0.3) is 0 Å². The minimum atomic E-state index is 0.340. The zero-order valence-electron chi connectivity index (χ0n) is 16.1. The molecule has 0 radical (unpaired) electrons. The highest BCUT2D eigenvalue weighted by Gasteiger charge is 2.38. The van der Waals surface area contributed by atoms with E-state index in [1.165, 1.54) is 63.1 Å². The average Bonchev–Trinajstić information content (AvgIpc) is 3.17. The topological polar surface area (TPSA) is 40.1 Å². The SMILES string of the molecule is CN=C(NCC1(N2CCSCC2)CCCCC1)N(C)CC1CCOC1. The van der Waals surface area contributed by atoms with Crippen molar-refractivity contribution < 1.29 is 4.74 Å². The Bertz CT molecular complexity index is 427. The number of thioether (sulfide) groups is 1. The lowest BCUT2D eigenvalue weighted by molar-refractivity contribution is 0.0620. The number of guanidine groups is 1. The highest BCUT2D eigenvalue weighted by Crippen LogP contribution is 2.34. The van der Waals surface area contributed by atoms with Crippen molar-refractivity contribution in [3.8, 4) is 0 Å². The summed E-state index contributed by atoms with van der Waals surface area (Å²) in [6.07, 6.45) is 8.00. The lowest BCUT2D eigenvalue weighted by atomic mass is 9.80. The summed E-state index contributed by atoms with van der Waals surface area (Å²) in [5.41, 5.74) is 0.340. The van der Waals surface area contributed by atoms with Gasteiger partial charge in [0.1, 0.15) is 0 Å². The molecule has 2 aliphatic heterocycles. The Balaban J connectivity index is 1.58. The number of ether oxygens (including phenoxy) is 1. The van der Waals surface area contributed by atoms with E-state index in [0.29, 0.717) is 11.5 Å². The normalized spacial score (nSPS) is 28.1. The number of rotatable bonds is 5. The smallest absolute Gasteiger partial charge is 0.193 e. The van der Waals surface area contributed by atoms with E-state index in [4.69, 9.17) is 4.74 Å². The molecule has 1 aliphatic carbocycles. The second-order valence-electron chi connectivity index (χ2n) is 7.90. The van der Waals surface area contributed by atoms with Crippen LogP contribution in [0.4, 0.5) is 0 Å². The van der Waals surface area contributed by atoms with Gasteiger partial charge in [-0.2, -0.15) is 11.8 Å². The molecule has 2 heterocycles. The summed E-state index contributed by atoms with van der Waals surface area (Å²) in [7, 11) is 4.08. The van der Waals surface area contributed by atoms with E-state index >= 15 is 0 Å². The van der Waals surface area contributed by atoms with Crippen LogP contribution in [0.25, 0.3) is 0 Å². The maximum atomic E-state index is 5.53. The van der Waals surface area contributed by atoms with E-state index in [2.05, 4.69) is 38.9 Å². The quantitative estimate of drug-likeness (QED) is 0.595. The van der Waals surface area contributed by atoms with Crippen molar-refractivity contribution >= 4 is 17.7 Å². The first-order valence-electron chi connectivity index (χ1n) is 10.1. The molecule has 1 N–H and O–H groups in total. The summed E-state index contributed by atoms with van der Waals surface area (Å²) in [6, 6.07) is 0. The molecular formula is C19H36N4OS. The highest BCUT2D eigenvalue weighted by molar-refractivity contribution is 7.99. The summed E-state index contributed by atoms with van der Waals surface area (Å²) >= 11 is 2.11. The molecule has 3 rings (SSSR count). The Kier molecular flexibility index (Phi) is 7.31. The molecule has 0 aromatic heterocycles. The van der Waals surface area contributed by atoms with Crippen LogP contribution >= 0.6 is 11.8 Å². The van der Waals surface area contributed by atoms with E-state index in [9.17, 15) is 0 Å². The Morgan fingerprint density at radius 1 is 1.28 bits per heavy atom. The van der Waals surface area contributed by atoms with Gasteiger partial charge in [0, 0.05) is 69.8 Å². The monoisotopic (exact) mass is 368 g/mol. The first kappa shape index (κ1) is 19.3. The van der Waals surface area contributed by atoms with E-state index < -0.39 is 0 Å². The molecule has 0 spiro atoms. The molecule has 3 fully saturated rings. The fourth-order valence-electron chi connectivity index (χ4n) is 4.68. The number of hydrogen-bond donors (Lipinski definition) is 1. The molecule has 0 bridgehead atoms. The van der Waals surface area contributed by atoms with Crippen LogP contribution in [0.3, 0.4) is 0 Å².